The Morgan fingerprint density at radius 2 is 1.71 bits per heavy atom. The molecule has 3 rings (SSSR count). The summed E-state index contributed by atoms with van der Waals surface area (Å²) < 4.78 is 0. The lowest BCUT2D eigenvalue weighted by atomic mass is 9.97. The van der Waals surface area contributed by atoms with Gasteiger partial charge in [0, 0.05) is 46.2 Å². The van der Waals surface area contributed by atoms with E-state index >= 15 is 0 Å². The van der Waals surface area contributed by atoms with Gasteiger partial charge < -0.3 is 20.4 Å². The van der Waals surface area contributed by atoms with Gasteiger partial charge >= 0.3 is 0 Å². The number of nitrogens with zero attached hydrogens (tertiary/aromatic N) is 3. The fourth-order valence-corrected chi connectivity index (χ4v) is 4.30. The van der Waals surface area contributed by atoms with Gasteiger partial charge in [-0.15, -0.1) is 12.4 Å². The maximum Gasteiger partial charge on any atom is 0.237 e. The summed E-state index contributed by atoms with van der Waals surface area (Å²) in [5, 5.41) is 6.31. The van der Waals surface area contributed by atoms with Crippen molar-refractivity contribution in [3.05, 3.63) is 0 Å². The van der Waals surface area contributed by atoms with E-state index in [1.165, 1.54) is 0 Å². The Labute approximate surface area is 173 Å². The van der Waals surface area contributed by atoms with Crippen molar-refractivity contribution in [1.29, 1.82) is 0 Å². The fourth-order valence-electron chi connectivity index (χ4n) is 4.30. The van der Waals surface area contributed by atoms with Crippen molar-refractivity contribution in [2.45, 2.75) is 38.6 Å². The highest BCUT2D eigenvalue weighted by Gasteiger charge is 2.27. The first-order valence-electron chi connectivity index (χ1n) is 10.3. The molecule has 0 saturated carbocycles. The molecule has 9 heteroatoms. The predicted molar refractivity (Wildman–Crippen MR) is 109 cm³/mol. The monoisotopic (exact) mass is 415 g/mol. The second kappa shape index (κ2) is 11.0. The van der Waals surface area contributed by atoms with E-state index in [0.717, 1.165) is 45.3 Å². The summed E-state index contributed by atoms with van der Waals surface area (Å²) in [4.78, 5) is 42.0. The van der Waals surface area contributed by atoms with Crippen LogP contribution in [0.4, 0.5) is 0 Å². The zero-order valence-corrected chi connectivity index (χ0v) is 17.6. The van der Waals surface area contributed by atoms with Crippen molar-refractivity contribution in [3.8, 4) is 0 Å². The minimum Gasteiger partial charge on any atom is -0.354 e. The molecule has 8 nitrogen and oxygen atoms in total. The predicted octanol–water partition coefficient (Wildman–Crippen LogP) is -0.321. The molecule has 3 aliphatic rings. The molecule has 0 bridgehead atoms. The minimum atomic E-state index is -0.0278. The zero-order valence-electron chi connectivity index (χ0n) is 16.8. The molecule has 3 heterocycles. The number of amides is 3. The highest BCUT2D eigenvalue weighted by molar-refractivity contribution is 5.85. The maximum atomic E-state index is 12.6. The number of carbonyl (C=O) groups is 3. The van der Waals surface area contributed by atoms with Gasteiger partial charge in [-0.1, -0.05) is 0 Å². The number of piperazine rings is 1. The molecule has 3 aliphatic heterocycles. The molecular formula is C19H34ClN5O3. The Morgan fingerprint density at radius 1 is 1.00 bits per heavy atom. The second-order valence-corrected chi connectivity index (χ2v) is 8.02. The minimum absolute atomic E-state index is 0. The third kappa shape index (κ3) is 6.32. The highest BCUT2D eigenvalue weighted by atomic mass is 35.5. The van der Waals surface area contributed by atoms with Gasteiger partial charge in [0.05, 0.1) is 12.6 Å². The maximum absolute atomic E-state index is 12.6. The molecular weight excluding hydrogens is 382 g/mol. The number of carbonyl (C=O) groups excluding carboxylic acids is 3. The first-order valence-corrected chi connectivity index (χ1v) is 10.3. The highest BCUT2D eigenvalue weighted by Crippen LogP contribution is 2.16. The zero-order chi connectivity index (χ0) is 19.2. The summed E-state index contributed by atoms with van der Waals surface area (Å²) >= 11 is 0. The van der Waals surface area contributed by atoms with Crippen molar-refractivity contribution in [1.82, 2.24) is 25.3 Å². The van der Waals surface area contributed by atoms with Gasteiger partial charge in [-0.25, -0.2) is 0 Å². The van der Waals surface area contributed by atoms with Crippen LogP contribution < -0.4 is 10.6 Å². The lowest BCUT2D eigenvalue weighted by Gasteiger charge is -2.37. The van der Waals surface area contributed by atoms with E-state index in [2.05, 4.69) is 15.5 Å². The van der Waals surface area contributed by atoms with Gasteiger partial charge in [-0.2, -0.15) is 0 Å². The molecule has 3 saturated heterocycles. The number of piperidine rings is 1. The molecule has 0 radical (unpaired) electrons. The molecule has 0 aliphatic carbocycles. The van der Waals surface area contributed by atoms with Crippen LogP contribution in [0, 0.1) is 5.92 Å². The van der Waals surface area contributed by atoms with E-state index < -0.39 is 0 Å². The Balaban J connectivity index is 0.00000280. The standard InChI is InChI=1S/C19H33N5O3.ClH/c1-15(25)23-8-10-24(11-9-23)18(26)14-22-7-3-4-16(13-22)12-21-19(27)17-5-2-6-20-17;/h16-17,20H,2-14H2,1H3,(H,21,27);1H. The van der Waals surface area contributed by atoms with E-state index in [-0.39, 0.29) is 36.2 Å². The van der Waals surface area contributed by atoms with Crippen LogP contribution in [-0.4, -0.2) is 97.4 Å². The Kier molecular flexibility index (Phi) is 8.98. The molecule has 3 fully saturated rings. The van der Waals surface area contributed by atoms with Gasteiger partial charge in [-0.05, 0) is 44.7 Å². The number of rotatable bonds is 5. The second-order valence-electron chi connectivity index (χ2n) is 8.02. The van der Waals surface area contributed by atoms with Crippen molar-refractivity contribution < 1.29 is 14.4 Å². The quantitative estimate of drug-likeness (QED) is 0.642. The van der Waals surface area contributed by atoms with Crippen LogP contribution in [0.5, 0.6) is 0 Å². The summed E-state index contributed by atoms with van der Waals surface area (Å²) in [6, 6.07) is -0.0278. The van der Waals surface area contributed by atoms with E-state index in [1.54, 1.807) is 11.8 Å². The van der Waals surface area contributed by atoms with Gasteiger partial charge in [-0.3, -0.25) is 19.3 Å². The lowest BCUT2D eigenvalue weighted by molar-refractivity contribution is -0.139. The van der Waals surface area contributed by atoms with Crippen LogP contribution in [0.3, 0.4) is 0 Å². The van der Waals surface area contributed by atoms with Crippen LogP contribution in [0.1, 0.15) is 32.6 Å². The average molecular weight is 416 g/mol. The van der Waals surface area contributed by atoms with E-state index in [9.17, 15) is 14.4 Å². The number of halogens is 1. The van der Waals surface area contributed by atoms with Crippen LogP contribution in [0.2, 0.25) is 0 Å². The third-order valence-corrected chi connectivity index (χ3v) is 5.98. The lowest BCUT2D eigenvalue weighted by Crippen LogP contribution is -2.53. The SMILES string of the molecule is CC(=O)N1CCN(C(=O)CN2CCCC(CNC(=O)C3CCCN3)C2)CC1.Cl. The fraction of sp³-hybridized carbons (Fsp3) is 0.842. The number of nitrogens with one attached hydrogen (secondary N) is 2. The van der Waals surface area contributed by atoms with Gasteiger partial charge in [0.1, 0.15) is 0 Å². The molecule has 28 heavy (non-hydrogen) atoms. The first-order chi connectivity index (χ1) is 13.0. The molecule has 2 N–H and O–H groups in total. The summed E-state index contributed by atoms with van der Waals surface area (Å²) in [5.41, 5.74) is 0. The third-order valence-electron chi connectivity index (χ3n) is 5.98. The summed E-state index contributed by atoms with van der Waals surface area (Å²) in [6.07, 6.45) is 4.15. The van der Waals surface area contributed by atoms with Crippen molar-refractivity contribution in [2.75, 3.05) is 58.9 Å². The molecule has 0 aromatic rings. The van der Waals surface area contributed by atoms with Crippen LogP contribution in [0.25, 0.3) is 0 Å². The number of hydrogen-bond donors (Lipinski definition) is 2. The molecule has 160 valence electrons. The molecule has 2 atom stereocenters. The van der Waals surface area contributed by atoms with Crippen molar-refractivity contribution in [2.24, 2.45) is 5.92 Å². The summed E-state index contributed by atoms with van der Waals surface area (Å²) in [6.45, 7) is 7.94. The summed E-state index contributed by atoms with van der Waals surface area (Å²) in [5.74, 6) is 0.754. The van der Waals surface area contributed by atoms with E-state index in [4.69, 9.17) is 0 Å². The number of likely N-dealkylation sites (tertiary alicyclic amines) is 1. The normalized spacial score (nSPS) is 25.9. The van der Waals surface area contributed by atoms with Crippen LogP contribution in [-0.2, 0) is 14.4 Å². The molecule has 0 spiro atoms. The largest absolute Gasteiger partial charge is 0.354 e. The van der Waals surface area contributed by atoms with Gasteiger partial charge in [0.25, 0.3) is 0 Å². The van der Waals surface area contributed by atoms with Crippen LogP contribution >= 0.6 is 12.4 Å². The van der Waals surface area contributed by atoms with Gasteiger partial charge in [0.2, 0.25) is 17.7 Å². The number of hydrogen-bond acceptors (Lipinski definition) is 5. The Hall–Kier alpha value is -1.38. The van der Waals surface area contributed by atoms with Crippen LogP contribution in [0.15, 0.2) is 0 Å². The smallest absolute Gasteiger partial charge is 0.237 e. The molecule has 2 unspecified atom stereocenters. The Bertz CT molecular complexity index is 548. The topological polar surface area (TPSA) is 85.0 Å². The van der Waals surface area contributed by atoms with Gasteiger partial charge in [0.15, 0.2) is 0 Å². The first kappa shape index (κ1) is 22.9. The molecule has 3 amide bonds. The van der Waals surface area contributed by atoms with E-state index in [0.29, 0.717) is 45.2 Å². The Morgan fingerprint density at radius 3 is 2.36 bits per heavy atom. The van der Waals surface area contributed by atoms with Crippen molar-refractivity contribution >= 4 is 30.1 Å². The average Bonchev–Trinajstić information content (AvgIpc) is 3.21. The molecule has 0 aromatic carbocycles. The van der Waals surface area contributed by atoms with E-state index in [1.807, 2.05) is 4.90 Å². The molecule has 0 aromatic heterocycles. The summed E-state index contributed by atoms with van der Waals surface area (Å²) in [7, 11) is 0. The van der Waals surface area contributed by atoms with Crippen molar-refractivity contribution in [3.63, 3.8) is 0 Å².